The number of nitro groups is 1. The summed E-state index contributed by atoms with van der Waals surface area (Å²) in [5, 5.41) is 11.3. The highest BCUT2D eigenvalue weighted by molar-refractivity contribution is 5.65. The van der Waals surface area contributed by atoms with Crippen LogP contribution in [0.4, 0.5) is 15.8 Å². The molecule has 0 bridgehead atoms. The van der Waals surface area contributed by atoms with Gasteiger partial charge in [-0.1, -0.05) is 27.7 Å². The number of nitro benzene ring substituents is 1. The Kier molecular flexibility index (Phi) is 6.29. The van der Waals surface area contributed by atoms with Gasteiger partial charge in [0, 0.05) is 24.7 Å². The zero-order valence-corrected chi connectivity index (χ0v) is 13.5. The topological polar surface area (TPSA) is 50.7 Å². The molecule has 0 aliphatic carbocycles. The van der Waals surface area contributed by atoms with Crippen LogP contribution in [0, 0.1) is 34.3 Å². The summed E-state index contributed by atoms with van der Waals surface area (Å²) < 4.78 is 14.5. The van der Waals surface area contributed by atoms with Crippen molar-refractivity contribution in [3.05, 3.63) is 45.0 Å². The monoisotopic (exact) mass is 307 g/mol. The molecule has 0 atom stereocenters. The molecule has 0 aliphatic rings. The van der Waals surface area contributed by atoms with E-state index in [1.165, 1.54) is 12.1 Å². The molecule has 6 heteroatoms. The van der Waals surface area contributed by atoms with Crippen LogP contribution >= 0.6 is 0 Å². The highest BCUT2D eigenvalue weighted by Gasteiger charge is 2.26. The molecule has 1 rings (SSSR count). The summed E-state index contributed by atoms with van der Waals surface area (Å²) in [7, 11) is 0. The first-order valence-corrected chi connectivity index (χ1v) is 7.31. The molecule has 0 amide bonds. The van der Waals surface area contributed by atoms with E-state index in [4.69, 9.17) is 6.57 Å². The highest BCUT2D eigenvalue weighted by atomic mass is 19.1. The van der Waals surface area contributed by atoms with E-state index in [9.17, 15) is 14.5 Å². The first-order chi connectivity index (χ1) is 10.3. The Bertz CT molecular complexity index is 569. The van der Waals surface area contributed by atoms with Crippen molar-refractivity contribution in [1.29, 1.82) is 0 Å². The van der Waals surface area contributed by atoms with E-state index in [2.05, 4.69) is 4.85 Å². The molecule has 0 heterocycles. The van der Waals surface area contributed by atoms with Gasteiger partial charge in [-0.05, 0) is 17.9 Å². The van der Waals surface area contributed by atoms with Gasteiger partial charge in [0.2, 0.25) is 6.54 Å². The van der Waals surface area contributed by atoms with E-state index >= 15 is 0 Å². The van der Waals surface area contributed by atoms with Crippen LogP contribution in [-0.4, -0.2) is 18.0 Å². The quantitative estimate of drug-likeness (QED) is 0.429. The minimum atomic E-state index is -0.630. The molecule has 22 heavy (non-hydrogen) atoms. The molecule has 5 nitrogen and oxygen atoms in total. The third kappa shape index (κ3) is 4.69. The van der Waals surface area contributed by atoms with Crippen LogP contribution in [0.1, 0.15) is 33.3 Å². The summed E-state index contributed by atoms with van der Waals surface area (Å²) in [5.74, 6) is -0.129. The average Bonchev–Trinajstić information content (AvgIpc) is 2.36. The van der Waals surface area contributed by atoms with Gasteiger partial charge in [0.15, 0.2) is 11.5 Å². The Hall–Kier alpha value is -2.16. The fraction of sp³-hybridized carbons (Fsp3) is 0.562. The first-order valence-electron chi connectivity index (χ1n) is 7.31. The van der Waals surface area contributed by atoms with Gasteiger partial charge >= 0.3 is 0 Å². The number of rotatable bonds is 7. The molecule has 0 radical (unpaired) electrons. The van der Waals surface area contributed by atoms with Gasteiger partial charge in [-0.2, -0.15) is 0 Å². The van der Waals surface area contributed by atoms with Gasteiger partial charge < -0.3 is 9.74 Å². The van der Waals surface area contributed by atoms with E-state index in [1.54, 1.807) is 4.90 Å². The molecule has 1 aromatic carbocycles. The van der Waals surface area contributed by atoms with Crippen molar-refractivity contribution in [3.8, 4) is 0 Å². The minimum Gasteiger partial charge on any atom is -0.363 e. The van der Waals surface area contributed by atoms with E-state index in [0.717, 1.165) is 0 Å². The molecule has 0 aromatic heterocycles. The molecular formula is C16H22FN3O2. The SMILES string of the molecule is [C-]#[N+]Cc1cc(F)c(N(CC(C)C)CC(C)C)c([N+](=O)[O-])c1. The standard InChI is InChI=1S/C16H22FN3O2/c1-11(2)9-19(10-12(3)4)16-14(17)6-13(8-18-5)7-15(16)20(21)22/h6-7,11-12H,8-10H2,1-4H3. The van der Waals surface area contributed by atoms with E-state index < -0.39 is 10.7 Å². The van der Waals surface area contributed by atoms with E-state index in [-0.39, 0.29) is 29.8 Å². The summed E-state index contributed by atoms with van der Waals surface area (Å²) in [6.45, 7) is 15.8. The van der Waals surface area contributed by atoms with Crippen LogP contribution in [0.2, 0.25) is 0 Å². The second-order valence-electron chi connectivity index (χ2n) is 6.21. The number of hydrogen-bond acceptors (Lipinski definition) is 3. The zero-order chi connectivity index (χ0) is 16.9. The smallest absolute Gasteiger partial charge is 0.296 e. The Morgan fingerprint density at radius 3 is 2.23 bits per heavy atom. The van der Waals surface area contributed by atoms with Crippen molar-refractivity contribution in [1.82, 2.24) is 0 Å². The summed E-state index contributed by atoms with van der Waals surface area (Å²) in [4.78, 5) is 15.7. The molecule has 0 unspecified atom stereocenters. The highest BCUT2D eigenvalue weighted by Crippen LogP contribution is 2.34. The van der Waals surface area contributed by atoms with Crippen LogP contribution < -0.4 is 4.90 Å². The Morgan fingerprint density at radius 1 is 1.27 bits per heavy atom. The number of hydrogen-bond donors (Lipinski definition) is 0. The normalized spacial score (nSPS) is 10.8. The summed E-state index contributed by atoms with van der Waals surface area (Å²) in [6, 6.07) is 2.54. The minimum absolute atomic E-state index is 0.0288. The van der Waals surface area contributed by atoms with Crippen LogP contribution in [0.25, 0.3) is 4.85 Å². The zero-order valence-electron chi connectivity index (χ0n) is 13.5. The number of nitrogens with zero attached hydrogens (tertiary/aromatic N) is 3. The predicted molar refractivity (Wildman–Crippen MR) is 85.2 cm³/mol. The maximum atomic E-state index is 14.5. The Morgan fingerprint density at radius 2 is 1.82 bits per heavy atom. The molecular weight excluding hydrogens is 285 g/mol. The van der Waals surface area contributed by atoms with Gasteiger partial charge in [-0.3, -0.25) is 10.1 Å². The van der Waals surface area contributed by atoms with E-state index in [1.807, 2.05) is 27.7 Å². The third-order valence-corrected chi connectivity index (χ3v) is 3.05. The van der Waals surface area contributed by atoms with Crippen molar-refractivity contribution in [2.75, 3.05) is 18.0 Å². The average molecular weight is 307 g/mol. The van der Waals surface area contributed by atoms with Crippen molar-refractivity contribution in [3.63, 3.8) is 0 Å². The lowest BCUT2D eigenvalue weighted by molar-refractivity contribution is -0.384. The van der Waals surface area contributed by atoms with Gasteiger partial charge in [0.05, 0.1) is 4.92 Å². The maximum absolute atomic E-state index is 14.5. The largest absolute Gasteiger partial charge is 0.363 e. The van der Waals surface area contributed by atoms with Crippen molar-refractivity contribution in [2.45, 2.75) is 34.2 Å². The molecule has 0 saturated carbocycles. The molecule has 0 spiro atoms. The summed E-state index contributed by atoms with van der Waals surface area (Å²) in [5.41, 5.74) is 0.0954. The van der Waals surface area contributed by atoms with E-state index in [0.29, 0.717) is 18.7 Å². The molecule has 0 N–H and O–H groups in total. The Labute approximate surface area is 130 Å². The lowest BCUT2D eigenvalue weighted by Gasteiger charge is -2.28. The maximum Gasteiger partial charge on any atom is 0.296 e. The fourth-order valence-corrected chi connectivity index (χ4v) is 2.41. The molecule has 0 aliphatic heterocycles. The van der Waals surface area contributed by atoms with Gasteiger partial charge in [0.25, 0.3) is 5.69 Å². The van der Waals surface area contributed by atoms with Gasteiger partial charge in [-0.15, -0.1) is 0 Å². The first kappa shape index (κ1) is 17.9. The predicted octanol–water partition coefficient (Wildman–Crippen LogP) is 4.27. The third-order valence-electron chi connectivity index (χ3n) is 3.05. The molecule has 0 fully saturated rings. The number of halogens is 1. The second kappa shape index (κ2) is 7.74. The van der Waals surface area contributed by atoms with Crippen LogP contribution in [0.5, 0.6) is 0 Å². The second-order valence-corrected chi connectivity index (χ2v) is 6.21. The van der Waals surface area contributed by atoms with Crippen LogP contribution in [-0.2, 0) is 6.54 Å². The Balaban J connectivity index is 3.39. The van der Waals surface area contributed by atoms with Crippen LogP contribution in [0.15, 0.2) is 12.1 Å². The summed E-state index contributed by atoms with van der Waals surface area (Å²) in [6.07, 6.45) is 0. The lowest BCUT2D eigenvalue weighted by Crippen LogP contribution is -2.32. The number of benzene rings is 1. The van der Waals surface area contributed by atoms with Crippen molar-refractivity contribution < 1.29 is 9.31 Å². The fourth-order valence-electron chi connectivity index (χ4n) is 2.41. The lowest BCUT2D eigenvalue weighted by atomic mass is 10.1. The number of anilines is 1. The van der Waals surface area contributed by atoms with Crippen molar-refractivity contribution in [2.24, 2.45) is 11.8 Å². The van der Waals surface area contributed by atoms with Gasteiger partial charge in [0.1, 0.15) is 0 Å². The van der Waals surface area contributed by atoms with Gasteiger partial charge in [-0.25, -0.2) is 11.0 Å². The van der Waals surface area contributed by atoms with Crippen molar-refractivity contribution >= 4 is 11.4 Å². The summed E-state index contributed by atoms with van der Waals surface area (Å²) >= 11 is 0. The molecule has 0 saturated heterocycles. The van der Waals surface area contributed by atoms with Crippen LogP contribution in [0.3, 0.4) is 0 Å². The molecule has 120 valence electrons. The molecule has 1 aromatic rings.